The van der Waals surface area contributed by atoms with Crippen molar-refractivity contribution in [2.45, 2.75) is 25.3 Å². The minimum absolute atomic E-state index is 0.0965. The maximum absolute atomic E-state index is 11.6. The van der Waals surface area contributed by atoms with E-state index in [0.29, 0.717) is 12.6 Å². The molecule has 102 valence electrons. The van der Waals surface area contributed by atoms with Crippen molar-refractivity contribution in [3.63, 3.8) is 0 Å². The second kappa shape index (κ2) is 5.66. The van der Waals surface area contributed by atoms with Crippen LogP contribution >= 0.6 is 0 Å². The third-order valence-electron chi connectivity index (χ3n) is 2.81. The van der Waals surface area contributed by atoms with E-state index in [0.717, 1.165) is 18.9 Å². The third kappa shape index (κ3) is 3.92. The molecule has 0 aliphatic heterocycles. The number of nitro groups is 1. The number of anilines is 1. The number of hydrogen-bond donors (Lipinski definition) is 3. The van der Waals surface area contributed by atoms with Gasteiger partial charge in [-0.1, -0.05) is 0 Å². The topological polar surface area (TPSA) is 104 Å². The fourth-order valence-electron chi connectivity index (χ4n) is 1.67. The number of carbonyl (C=O) groups is 1. The van der Waals surface area contributed by atoms with Crippen molar-refractivity contribution < 1.29 is 14.8 Å². The van der Waals surface area contributed by atoms with Gasteiger partial charge in [-0.25, -0.2) is 0 Å². The Morgan fingerprint density at radius 3 is 2.84 bits per heavy atom. The van der Waals surface area contributed by atoms with E-state index in [9.17, 15) is 20.0 Å². The molecule has 0 unspecified atom stereocenters. The van der Waals surface area contributed by atoms with E-state index >= 15 is 0 Å². The zero-order valence-electron chi connectivity index (χ0n) is 10.3. The molecule has 0 aromatic heterocycles. The minimum atomic E-state index is -0.641. The molecule has 19 heavy (non-hydrogen) atoms. The second-order valence-corrected chi connectivity index (χ2v) is 4.49. The Balaban J connectivity index is 1.93. The highest BCUT2D eigenvalue weighted by atomic mass is 16.6. The number of nitrogens with one attached hydrogen (secondary N) is 2. The minimum Gasteiger partial charge on any atom is -0.508 e. The quantitative estimate of drug-likeness (QED) is 0.409. The van der Waals surface area contributed by atoms with Crippen molar-refractivity contribution in [3.05, 3.63) is 28.3 Å². The van der Waals surface area contributed by atoms with Crippen LogP contribution in [0, 0.1) is 10.1 Å². The summed E-state index contributed by atoms with van der Waals surface area (Å²) in [4.78, 5) is 21.8. The van der Waals surface area contributed by atoms with Gasteiger partial charge in [-0.15, -0.1) is 0 Å². The predicted octanol–water partition coefficient (Wildman–Crippen LogP) is 1.38. The number of hydrogen-bond acceptors (Lipinski definition) is 5. The van der Waals surface area contributed by atoms with Crippen molar-refractivity contribution in [2.75, 3.05) is 11.9 Å². The Kier molecular flexibility index (Phi) is 3.96. The number of nitrogens with zero attached hydrogens (tertiary/aromatic N) is 1. The average Bonchev–Trinajstić information content (AvgIpc) is 3.15. The molecule has 7 nitrogen and oxygen atoms in total. The zero-order chi connectivity index (χ0) is 13.8. The molecule has 2 rings (SSSR count). The summed E-state index contributed by atoms with van der Waals surface area (Å²) in [7, 11) is 0. The molecule has 0 spiro atoms. The highest BCUT2D eigenvalue weighted by Gasteiger charge is 2.21. The van der Waals surface area contributed by atoms with Gasteiger partial charge in [0.05, 0.1) is 11.0 Å². The Bertz CT molecular complexity index is 500. The molecule has 0 bridgehead atoms. The van der Waals surface area contributed by atoms with Gasteiger partial charge in [0, 0.05) is 19.0 Å². The van der Waals surface area contributed by atoms with E-state index in [1.165, 1.54) is 12.1 Å². The van der Waals surface area contributed by atoms with Crippen molar-refractivity contribution in [3.8, 4) is 5.75 Å². The van der Waals surface area contributed by atoms with Gasteiger partial charge in [0.25, 0.3) is 5.69 Å². The fraction of sp³-hybridized carbons (Fsp3) is 0.417. The number of rotatable bonds is 6. The van der Waals surface area contributed by atoms with E-state index in [4.69, 9.17) is 0 Å². The average molecular weight is 265 g/mol. The van der Waals surface area contributed by atoms with E-state index in [1.807, 2.05) is 0 Å². The Labute approximate surface area is 109 Å². The van der Waals surface area contributed by atoms with Gasteiger partial charge >= 0.3 is 0 Å². The van der Waals surface area contributed by atoms with E-state index < -0.39 is 4.92 Å². The summed E-state index contributed by atoms with van der Waals surface area (Å²) in [6.07, 6.45) is 2.55. The molecule has 0 atom stereocenters. The van der Waals surface area contributed by atoms with E-state index in [1.54, 1.807) is 0 Å². The second-order valence-electron chi connectivity index (χ2n) is 4.49. The Hall–Kier alpha value is -2.15. The zero-order valence-corrected chi connectivity index (χ0v) is 10.3. The molecular formula is C12H15N3O4. The van der Waals surface area contributed by atoms with Gasteiger partial charge in [-0.2, -0.15) is 0 Å². The molecule has 0 saturated heterocycles. The van der Waals surface area contributed by atoms with Crippen LogP contribution < -0.4 is 10.6 Å². The molecule has 7 heteroatoms. The molecule has 0 radical (unpaired) electrons. The summed E-state index contributed by atoms with van der Waals surface area (Å²) < 4.78 is 0. The number of benzene rings is 1. The molecule has 0 heterocycles. The number of aromatic hydroxyl groups is 1. The van der Waals surface area contributed by atoms with Gasteiger partial charge < -0.3 is 15.7 Å². The summed E-state index contributed by atoms with van der Waals surface area (Å²) in [6.45, 7) is 0.558. The first-order chi connectivity index (χ1) is 9.06. The molecule has 1 fully saturated rings. The monoisotopic (exact) mass is 265 g/mol. The first-order valence-electron chi connectivity index (χ1n) is 6.07. The largest absolute Gasteiger partial charge is 0.508 e. The number of carbonyl (C=O) groups excluding carboxylic acids is 1. The number of amides is 1. The molecule has 1 aliphatic carbocycles. The lowest BCUT2D eigenvalue weighted by molar-refractivity contribution is -0.384. The van der Waals surface area contributed by atoms with Crippen LogP contribution in [0.15, 0.2) is 18.2 Å². The highest BCUT2D eigenvalue weighted by molar-refractivity contribution is 5.93. The van der Waals surface area contributed by atoms with E-state index in [-0.39, 0.29) is 29.5 Å². The highest BCUT2D eigenvalue weighted by Crippen LogP contribution is 2.28. The first-order valence-corrected chi connectivity index (χ1v) is 6.07. The molecule has 1 saturated carbocycles. The maximum atomic E-state index is 11.6. The number of nitro benzene ring substituents is 1. The molecule has 1 aromatic rings. The third-order valence-corrected chi connectivity index (χ3v) is 2.81. The van der Waals surface area contributed by atoms with Gasteiger partial charge in [-0.05, 0) is 25.0 Å². The Morgan fingerprint density at radius 1 is 1.47 bits per heavy atom. The van der Waals surface area contributed by atoms with Crippen molar-refractivity contribution in [1.82, 2.24) is 5.32 Å². The Morgan fingerprint density at radius 2 is 2.21 bits per heavy atom. The summed E-state index contributed by atoms with van der Waals surface area (Å²) >= 11 is 0. The van der Waals surface area contributed by atoms with Crippen molar-refractivity contribution >= 4 is 17.3 Å². The fourth-order valence-corrected chi connectivity index (χ4v) is 1.67. The number of phenolic OH excluding ortho intramolecular Hbond substituents is 1. The SMILES string of the molecule is O=C(CCNC1CC1)Nc1ccc(O)cc1[N+](=O)[O-]. The van der Waals surface area contributed by atoms with Crippen LogP contribution in [0.1, 0.15) is 19.3 Å². The summed E-state index contributed by atoms with van der Waals surface area (Å²) in [6, 6.07) is 4.15. The summed E-state index contributed by atoms with van der Waals surface area (Å²) in [5.41, 5.74) is -0.220. The lowest BCUT2D eigenvalue weighted by atomic mass is 10.2. The van der Waals surface area contributed by atoms with Gasteiger partial charge in [0.15, 0.2) is 0 Å². The molecular weight excluding hydrogens is 250 g/mol. The van der Waals surface area contributed by atoms with Gasteiger partial charge in [0.2, 0.25) is 5.91 Å². The lowest BCUT2D eigenvalue weighted by Crippen LogP contribution is -2.23. The molecule has 1 aliphatic rings. The molecule has 1 amide bonds. The predicted molar refractivity (Wildman–Crippen MR) is 69.0 cm³/mol. The van der Waals surface area contributed by atoms with Crippen LogP contribution in [0.4, 0.5) is 11.4 Å². The number of phenols is 1. The van der Waals surface area contributed by atoms with Crippen LogP contribution in [-0.2, 0) is 4.79 Å². The molecule has 3 N–H and O–H groups in total. The maximum Gasteiger partial charge on any atom is 0.296 e. The normalized spacial score (nSPS) is 14.1. The van der Waals surface area contributed by atoms with E-state index in [2.05, 4.69) is 10.6 Å². The lowest BCUT2D eigenvalue weighted by Gasteiger charge is -2.06. The summed E-state index contributed by atoms with van der Waals surface area (Å²) in [5.74, 6) is -0.498. The van der Waals surface area contributed by atoms with Crippen LogP contribution in [0.5, 0.6) is 5.75 Å². The molecule has 1 aromatic carbocycles. The van der Waals surface area contributed by atoms with Crippen LogP contribution in [0.3, 0.4) is 0 Å². The standard InChI is InChI=1S/C12H15N3O4/c16-9-3-4-10(11(7-9)15(18)19)14-12(17)5-6-13-8-1-2-8/h3-4,7-8,13,16H,1-2,5-6H2,(H,14,17). The summed E-state index contributed by atoms with van der Waals surface area (Å²) in [5, 5.41) is 25.7. The van der Waals surface area contributed by atoms with Gasteiger partial charge in [0.1, 0.15) is 11.4 Å². The van der Waals surface area contributed by atoms with Crippen LogP contribution in [-0.4, -0.2) is 28.5 Å². The van der Waals surface area contributed by atoms with Crippen molar-refractivity contribution in [2.24, 2.45) is 0 Å². The van der Waals surface area contributed by atoms with Crippen LogP contribution in [0.25, 0.3) is 0 Å². The smallest absolute Gasteiger partial charge is 0.296 e. The first kappa shape index (κ1) is 13.3. The van der Waals surface area contributed by atoms with Crippen LogP contribution in [0.2, 0.25) is 0 Å². The van der Waals surface area contributed by atoms with Crippen molar-refractivity contribution in [1.29, 1.82) is 0 Å². The van der Waals surface area contributed by atoms with Gasteiger partial charge in [-0.3, -0.25) is 14.9 Å².